The third kappa shape index (κ3) is 4.76. The molecule has 7 aromatic carbocycles. The van der Waals surface area contributed by atoms with E-state index >= 15 is 0 Å². The van der Waals surface area contributed by atoms with Crippen molar-refractivity contribution in [3.05, 3.63) is 170 Å². The summed E-state index contributed by atoms with van der Waals surface area (Å²) in [6.45, 7) is 0. The van der Waals surface area contributed by atoms with Crippen LogP contribution in [0.15, 0.2) is 170 Å². The summed E-state index contributed by atoms with van der Waals surface area (Å²) < 4.78 is 15.0. The first-order chi connectivity index (χ1) is 23.3. The number of anilines is 6. The number of ether oxygens (including phenoxy) is 2. The molecule has 0 saturated heterocycles. The number of para-hydroxylation sites is 5. The Morgan fingerprint density at radius 3 is 1.28 bits per heavy atom. The molecule has 0 saturated carbocycles. The monoisotopic (exact) mass is 624 g/mol. The molecule has 2 heterocycles. The van der Waals surface area contributed by atoms with Crippen LogP contribution in [-0.2, 0) is 0 Å². The first-order valence-corrected chi connectivity index (χ1v) is 16.4. The van der Waals surface area contributed by atoms with Gasteiger partial charge in [-0.05, 0) is 72.8 Å². The fourth-order valence-corrected chi connectivity index (χ4v) is 7.69. The van der Waals surface area contributed by atoms with Gasteiger partial charge in [0.1, 0.15) is 0 Å². The smallest absolute Gasteiger partial charge is 0.172 e. The molecule has 1 aliphatic heterocycles. The van der Waals surface area contributed by atoms with Gasteiger partial charge in [-0.3, -0.25) is 0 Å². The van der Waals surface area contributed by atoms with E-state index in [9.17, 15) is 0 Å². The fourth-order valence-electron chi connectivity index (χ4n) is 6.38. The molecule has 1 aromatic heterocycles. The van der Waals surface area contributed by atoms with E-state index in [0.29, 0.717) is 17.2 Å². The van der Waals surface area contributed by atoms with Crippen molar-refractivity contribution in [1.82, 2.24) is 0 Å². The number of nitrogens with zero attached hydrogens (tertiary/aromatic N) is 2. The molecule has 8 aromatic rings. The first kappa shape index (κ1) is 27.3. The van der Waals surface area contributed by atoms with Gasteiger partial charge in [-0.15, -0.1) is 11.3 Å². The van der Waals surface area contributed by atoms with Gasteiger partial charge in [-0.25, -0.2) is 0 Å². The molecule has 0 radical (unpaired) electrons. The summed E-state index contributed by atoms with van der Waals surface area (Å²) in [5.41, 5.74) is 6.53. The van der Waals surface area contributed by atoms with Crippen LogP contribution in [0.5, 0.6) is 23.0 Å². The lowest BCUT2D eigenvalue weighted by molar-refractivity contribution is 0.360. The summed E-state index contributed by atoms with van der Waals surface area (Å²) >= 11 is 1.83. The largest absolute Gasteiger partial charge is 0.450 e. The fraction of sp³-hybridized carbons (Fsp3) is 0. The molecule has 0 bridgehead atoms. The van der Waals surface area contributed by atoms with Gasteiger partial charge in [0.15, 0.2) is 23.0 Å². The number of fused-ring (bicyclic) bond motifs is 5. The van der Waals surface area contributed by atoms with Gasteiger partial charge in [-0.2, -0.15) is 0 Å². The van der Waals surface area contributed by atoms with E-state index in [1.54, 1.807) is 0 Å². The quantitative estimate of drug-likeness (QED) is 0.184. The minimum absolute atomic E-state index is 0.689. The van der Waals surface area contributed by atoms with Crippen molar-refractivity contribution in [3.8, 4) is 23.0 Å². The highest BCUT2D eigenvalue weighted by atomic mass is 32.1. The van der Waals surface area contributed by atoms with Crippen molar-refractivity contribution in [2.45, 2.75) is 0 Å². The van der Waals surface area contributed by atoms with Crippen molar-refractivity contribution in [2.75, 3.05) is 9.80 Å². The summed E-state index contributed by atoms with van der Waals surface area (Å²) in [6.07, 6.45) is 0. The van der Waals surface area contributed by atoms with E-state index in [0.717, 1.165) is 39.9 Å². The van der Waals surface area contributed by atoms with Gasteiger partial charge in [-0.1, -0.05) is 91.0 Å². The average molecular weight is 625 g/mol. The Morgan fingerprint density at radius 1 is 0.340 bits per heavy atom. The Kier molecular flexibility index (Phi) is 6.61. The Bertz CT molecular complexity index is 2330. The molecule has 0 unspecified atom stereocenters. The van der Waals surface area contributed by atoms with Gasteiger partial charge in [0, 0.05) is 33.9 Å². The van der Waals surface area contributed by atoms with Crippen LogP contribution in [0.1, 0.15) is 0 Å². The lowest BCUT2D eigenvalue weighted by Crippen LogP contribution is -2.10. The second-order valence-electron chi connectivity index (χ2n) is 11.4. The number of rotatable bonds is 6. The zero-order valence-corrected chi connectivity index (χ0v) is 26.1. The van der Waals surface area contributed by atoms with E-state index in [1.165, 1.54) is 20.2 Å². The Hall–Kier alpha value is -6.04. The van der Waals surface area contributed by atoms with E-state index in [1.807, 2.05) is 41.7 Å². The molecule has 0 spiro atoms. The number of hydrogen-bond donors (Lipinski definition) is 0. The van der Waals surface area contributed by atoms with Crippen molar-refractivity contribution in [1.29, 1.82) is 0 Å². The number of thiophene rings is 1. The van der Waals surface area contributed by atoms with Crippen LogP contribution in [-0.4, -0.2) is 0 Å². The van der Waals surface area contributed by atoms with Crippen LogP contribution in [0.25, 0.3) is 20.2 Å². The van der Waals surface area contributed by atoms with Gasteiger partial charge in [0.25, 0.3) is 0 Å². The highest BCUT2D eigenvalue weighted by Crippen LogP contribution is 2.51. The van der Waals surface area contributed by atoms with Gasteiger partial charge in [0.2, 0.25) is 0 Å². The topological polar surface area (TPSA) is 24.9 Å². The molecule has 224 valence electrons. The van der Waals surface area contributed by atoms with Crippen LogP contribution in [0.4, 0.5) is 34.1 Å². The third-order valence-corrected chi connectivity index (χ3v) is 9.75. The highest BCUT2D eigenvalue weighted by Gasteiger charge is 2.24. The average Bonchev–Trinajstić information content (AvgIpc) is 3.53. The Balaban J connectivity index is 1.24. The van der Waals surface area contributed by atoms with Crippen molar-refractivity contribution in [2.24, 2.45) is 0 Å². The minimum Gasteiger partial charge on any atom is -0.450 e. The molecule has 0 aliphatic carbocycles. The van der Waals surface area contributed by atoms with Crippen molar-refractivity contribution < 1.29 is 9.47 Å². The number of benzene rings is 7. The molecule has 9 rings (SSSR count). The second-order valence-corrected chi connectivity index (χ2v) is 12.4. The molecular weight excluding hydrogens is 597 g/mol. The van der Waals surface area contributed by atoms with Gasteiger partial charge in [0.05, 0.1) is 26.5 Å². The molecule has 0 fully saturated rings. The lowest BCUT2D eigenvalue weighted by Gasteiger charge is -2.28. The number of hydrogen-bond acceptors (Lipinski definition) is 5. The van der Waals surface area contributed by atoms with E-state index < -0.39 is 0 Å². The van der Waals surface area contributed by atoms with Crippen LogP contribution >= 0.6 is 11.3 Å². The van der Waals surface area contributed by atoms with Crippen LogP contribution < -0.4 is 19.3 Å². The lowest BCUT2D eigenvalue weighted by atomic mass is 10.1. The SMILES string of the molecule is c1ccc(N(c2ccccc2)c2cccc3c2sc2c(N(c4ccccc4)c4ccc5c(c4)Oc4ccccc4O5)cccc23)cc1. The summed E-state index contributed by atoms with van der Waals surface area (Å²) in [5, 5.41) is 2.45. The summed E-state index contributed by atoms with van der Waals surface area (Å²) in [7, 11) is 0. The molecule has 0 amide bonds. The van der Waals surface area contributed by atoms with Crippen molar-refractivity contribution >= 4 is 65.6 Å². The molecular formula is C42H28N2O2S. The van der Waals surface area contributed by atoms with Crippen molar-refractivity contribution in [3.63, 3.8) is 0 Å². The molecule has 5 heteroatoms. The van der Waals surface area contributed by atoms with Gasteiger partial charge < -0.3 is 19.3 Å². The maximum Gasteiger partial charge on any atom is 0.172 e. The zero-order valence-electron chi connectivity index (χ0n) is 25.3. The maximum atomic E-state index is 6.35. The third-order valence-electron chi connectivity index (χ3n) is 8.48. The van der Waals surface area contributed by atoms with Crippen LogP contribution in [0, 0.1) is 0 Å². The highest BCUT2D eigenvalue weighted by molar-refractivity contribution is 7.27. The minimum atomic E-state index is 0.689. The molecule has 1 aliphatic rings. The van der Waals surface area contributed by atoms with E-state index in [2.05, 4.69) is 149 Å². The molecule has 4 nitrogen and oxygen atoms in total. The van der Waals surface area contributed by atoms with E-state index in [-0.39, 0.29) is 0 Å². The second kappa shape index (κ2) is 11.4. The predicted molar refractivity (Wildman–Crippen MR) is 195 cm³/mol. The first-order valence-electron chi connectivity index (χ1n) is 15.6. The Morgan fingerprint density at radius 2 is 0.766 bits per heavy atom. The molecule has 0 N–H and O–H groups in total. The predicted octanol–water partition coefficient (Wildman–Crippen LogP) is 12.9. The maximum absolute atomic E-state index is 6.35. The summed E-state index contributed by atoms with van der Waals surface area (Å²) in [5.74, 6) is 2.82. The summed E-state index contributed by atoms with van der Waals surface area (Å²) in [4.78, 5) is 4.67. The molecule has 47 heavy (non-hydrogen) atoms. The zero-order chi connectivity index (χ0) is 31.2. The van der Waals surface area contributed by atoms with Crippen LogP contribution in [0.2, 0.25) is 0 Å². The summed E-state index contributed by atoms with van der Waals surface area (Å²) in [6, 6.07) is 58.9. The molecule has 0 atom stereocenters. The van der Waals surface area contributed by atoms with Crippen LogP contribution in [0.3, 0.4) is 0 Å². The van der Waals surface area contributed by atoms with Gasteiger partial charge >= 0.3 is 0 Å². The van der Waals surface area contributed by atoms with E-state index in [4.69, 9.17) is 9.47 Å². The normalized spacial score (nSPS) is 11.7. The Labute approximate surface area is 276 Å². The standard InChI is InChI=1S/C42H28N2O2S/c1-4-14-29(15-5-1)43(30-16-6-2-7-17-30)35-22-12-20-33-34-21-13-23-36(42(34)47-41(33)35)44(31-18-8-3-9-19-31)32-26-27-39-40(28-32)46-38-25-11-10-24-37(38)45-39/h1-28H.